The lowest BCUT2D eigenvalue weighted by atomic mass is 10.1. The third kappa shape index (κ3) is 3.05. The number of methoxy groups -OCH3 is 1. The smallest absolute Gasteiger partial charge is 0.262 e. The highest BCUT2D eigenvalue weighted by Gasteiger charge is 2.19. The van der Waals surface area contributed by atoms with Crippen molar-refractivity contribution in [2.24, 2.45) is 0 Å². The lowest BCUT2D eigenvalue weighted by Gasteiger charge is -2.13. The summed E-state index contributed by atoms with van der Waals surface area (Å²) in [6.07, 6.45) is 0. The molecule has 1 N–H and O–H groups in total. The van der Waals surface area contributed by atoms with Gasteiger partial charge in [0.2, 0.25) is 0 Å². The lowest BCUT2D eigenvalue weighted by Crippen LogP contribution is -2.13. The minimum absolute atomic E-state index is 0.190. The fraction of sp³-hybridized carbons (Fsp3) is 0.111. The van der Waals surface area contributed by atoms with E-state index in [0.717, 1.165) is 10.9 Å². The van der Waals surface area contributed by atoms with E-state index in [4.69, 9.17) is 16.3 Å². The molecule has 0 aliphatic heterocycles. The first-order valence-corrected chi connectivity index (χ1v) is 9.13. The molecule has 3 rings (SSSR count). The van der Waals surface area contributed by atoms with Gasteiger partial charge in [-0.15, -0.1) is 0 Å². The van der Waals surface area contributed by atoms with Gasteiger partial charge in [0, 0.05) is 15.8 Å². The largest absolute Gasteiger partial charge is 0.496 e. The highest BCUT2D eigenvalue weighted by molar-refractivity contribution is 7.93. The Morgan fingerprint density at radius 3 is 2.38 bits per heavy atom. The van der Waals surface area contributed by atoms with Crippen molar-refractivity contribution in [1.82, 2.24) is 0 Å². The van der Waals surface area contributed by atoms with Crippen LogP contribution in [0.4, 0.5) is 5.69 Å². The summed E-state index contributed by atoms with van der Waals surface area (Å²) in [7, 11) is -2.20. The monoisotopic (exact) mass is 361 g/mol. The number of sulfonamides is 1. The van der Waals surface area contributed by atoms with Gasteiger partial charge in [-0.25, -0.2) is 8.42 Å². The molecule has 0 amide bonds. The van der Waals surface area contributed by atoms with Crippen LogP contribution in [-0.4, -0.2) is 15.5 Å². The summed E-state index contributed by atoms with van der Waals surface area (Å²) in [5.74, 6) is 0.628. The molecule has 0 atom stereocenters. The van der Waals surface area contributed by atoms with Gasteiger partial charge >= 0.3 is 0 Å². The molecule has 24 heavy (non-hydrogen) atoms. The summed E-state index contributed by atoms with van der Waals surface area (Å²) in [6, 6.07) is 15.5. The number of ether oxygens (including phenoxy) is 1. The van der Waals surface area contributed by atoms with Crippen molar-refractivity contribution in [1.29, 1.82) is 0 Å². The second-order valence-corrected chi connectivity index (χ2v) is 7.44. The molecule has 3 aromatic carbocycles. The molecule has 4 nitrogen and oxygen atoms in total. The first kappa shape index (κ1) is 16.6. The Bertz CT molecular complexity index is 1020. The van der Waals surface area contributed by atoms with Crippen molar-refractivity contribution in [2.45, 2.75) is 11.8 Å². The van der Waals surface area contributed by atoms with Crippen LogP contribution >= 0.6 is 11.6 Å². The molecule has 124 valence electrons. The summed E-state index contributed by atoms with van der Waals surface area (Å²) < 4.78 is 33.5. The van der Waals surface area contributed by atoms with Crippen molar-refractivity contribution >= 4 is 38.1 Å². The van der Waals surface area contributed by atoms with Gasteiger partial charge in [-0.3, -0.25) is 4.72 Å². The summed E-state index contributed by atoms with van der Waals surface area (Å²) in [4.78, 5) is 0.190. The van der Waals surface area contributed by atoms with Crippen LogP contribution in [0.25, 0.3) is 10.8 Å². The fourth-order valence-electron chi connectivity index (χ4n) is 2.52. The van der Waals surface area contributed by atoms with E-state index in [9.17, 15) is 8.42 Å². The predicted octanol–water partition coefficient (Wildman–Crippen LogP) is 4.61. The van der Waals surface area contributed by atoms with Gasteiger partial charge < -0.3 is 4.74 Å². The number of benzene rings is 3. The third-order valence-electron chi connectivity index (χ3n) is 3.78. The molecular weight excluding hydrogens is 346 g/mol. The molecule has 0 spiro atoms. The number of fused-ring (bicyclic) bond motifs is 1. The third-order valence-corrected chi connectivity index (χ3v) is 5.62. The molecule has 0 unspecified atom stereocenters. The first-order valence-electron chi connectivity index (χ1n) is 7.27. The normalized spacial score (nSPS) is 11.5. The second-order valence-electron chi connectivity index (χ2n) is 5.38. The van der Waals surface area contributed by atoms with Crippen molar-refractivity contribution in [3.8, 4) is 5.75 Å². The molecule has 0 fully saturated rings. The minimum atomic E-state index is -3.76. The molecule has 0 saturated heterocycles. The molecule has 0 bridgehead atoms. The maximum atomic E-state index is 12.8. The quantitative estimate of drug-likeness (QED) is 0.738. The zero-order valence-electron chi connectivity index (χ0n) is 13.2. The number of anilines is 1. The molecule has 6 heteroatoms. The van der Waals surface area contributed by atoms with Gasteiger partial charge in [0.05, 0.1) is 17.7 Å². The van der Waals surface area contributed by atoms with Crippen LogP contribution in [0, 0.1) is 6.92 Å². The van der Waals surface area contributed by atoms with Crippen LogP contribution in [0.1, 0.15) is 5.56 Å². The molecule has 0 radical (unpaired) electrons. The number of aryl methyl sites for hydroxylation is 1. The zero-order valence-corrected chi connectivity index (χ0v) is 14.8. The topological polar surface area (TPSA) is 55.4 Å². The van der Waals surface area contributed by atoms with Crippen LogP contribution in [0.2, 0.25) is 5.02 Å². The minimum Gasteiger partial charge on any atom is -0.496 e. The molecule has 3 aromatic rings. The van der Waals surface area contributed by atoms with Crippen LogP contribution in [0.15, 0.2) is 59.5 Å². The summed E-state index contributed by atoms with van der Waals surface area (Å²) >= 11 is 6.07. The van der Waals surface area contributed by atoms with Crippen molar-refractivity contribution in [2.75, 3.05) is 11.8 Å². The summed E-state index contributed by atoms with van der Waals surface area (Å²) in [5, 5.41) is 1.85. The number of hydrogen-bond acceptors (Lipinski definition) is 3. The van der Waals surface area contributed by atoms with Crippen molar-refractivity contribution in [3.63, 3.8) is 0 Å². The molecule has 0 heterocycles. The van der Waals surface area contributed by atoms with E-state index >= 15 is 0 Å². The van der Waals surface area contributed by atoms with E-state index < -0.39 is 10.0 Å². The Kier molecular flexibility index (Phi) is 4.39. The van der Waals surface area contributed by atoms with Crippen LogP contribution in [0.3, 0.4) is 0 Å². The number of hydrogen-bond donors (Lipinski definition) is 1. The molecule has 0 aromatic heterocycles. The summed E-state index contributed by atoms with van der Waals surface area (Å²) in [5.41, 5.74) is 1.31. The molecule has 0 aliphatic rings. The predicted molar refractivity (Wildman–Crippen MR) is 97.5 cm³/mol. The van der Waals surface area contributed by atoms with Crippen LogP contribution in [-0.2, 0) is 10.0 Å². The van der Waals surface area contributed by atoms with Gasteiger partial charge in [0.25, 0.3) is 10.0 Å². The first-order chi connectivity index (χ1) is 11.4. The SMILES string of the molecule is COc1ccc(S(=O)(=O)Nc2ccc(C)c(Cl)c2)c2ccccc12. The highest BCUT2D eigenvalue weighted by atomic mass is 35.5. The zero-order chi connectivity index (χ0) is 17.3. The maximum Gasteiger partial charge on any atom is 0.262 e. The van der Waals surface area contributed by atoms with E-state index in [1.165, 1.54) is 0 Å². The summed E-state index contributed by atoms with van der Waals surface area (Å²) in [6.45, 7) is 1.86. The van der Waals surface area contributed by atoms with Gasteiger partial charge in [-0.2, -0.15) is 0 Å². The maximum absolute atomic E-state index is 12.8. The number of rotatable bonds is 4. The highest BCUT2D eigenvalue weighted by Crippen LogP contribution is 2.32. The van der Waals surface area contributed by atoms with Crippen molar-refractivity contribution in [3.05, 3.63) is 65.2 Å². The number of nitrogens with one attached hydrogen (secondary N) is 1. The van der Waals surface area contributed by atoms with Gasteiger partial charge in [-0.05, 0) is 36.8 Å². The molecule has 0 saturated carbocycles. The van der Waals surface area contributed by atoms with E-state index in [2.05, 4.69) is 4.72 Å². The molecular formula is C18H16ClNO3S. The van der Waals surface area contributed by atoms with E-state index in [1.54, 1.807) is 49.6 Å². The Morgan fingerprint density at radius 1 is 1.00 bits per heavy atom. The Morgan fingerprint density at radius 2 is 1.71 bits per heavy atom. The van der Waals surface area contributed by atoms with Crippen molar-refractivity contribution < 1.29 is 13.2 Å². The molecule has 0 aliphatic carbocycles. The average Bonchev–Trinajstić information content (AvgIpc) is 2.56. The van der Waals surface area contributed by atoms with E-state index in [1.807, 2.05) is 19.1 Å². The average molecular weight is 362 g/mol. The lowest BCUT2D eigenvalue weighted by molar-refractivity contribution is 0.419. The van der Waals surface area contributed by atoms with Gasteiger partial charge in [0.1, 0.15) is 5.75 Å². The Labute approximate surface area is 146 Å². The standard InChI is InChI=1S/C18H16ClNO3S/c1-12-7-8-13(11-16(12)19)20-24(21,22)18-10-9-17(23-2)14-5-3-4-6-15(14)18/h3-11,20H,1-2H3. The fourth-order valence-corrected chi connectivity index (χ4v) is 3.97. The Balaban J connectivity index is 2.10. The van der Waals surface area contributed by atoms with Crippen LogP contribution < -0.4 is 9.46 Å². The Hall–Kier alpha value is -2.24. The van der Waals surface area contributed by atoms with Crippen LogP contribution in [0.5, 0.6) is 5.75 Å². The van der Waals surface area contributed by atoms with E-state index in [0.29, 0.717) is 21.8 Å². The van der Waals surface area contributed by atoms with Gasteiger partial charge in [0.15, 0.2) is 0 Å². The van der Waals surface area contributed by atoms with Gasteiger partial charge in [-0.1, -0.05) is 41.9 Å². The van der Waals surface area contributed by atoms with E-state index in [-0.39, 0.29) is 4.90 Å². The second kappa shape index (κ2) is 6.34. The number of halogens is 1.